The van der Waals surface area contributed by atoms with E-state index in [4.69, 9.17) is 0 Å². The third kappa shape index (κ3) is 5.36. The number of alkyl halides is 3. The quantitative estimate of drug-likeness (QED) is 0.294. The highest BCUT2D eigenvalue weighted by atomic mass is 19.4. The van der Waals surface area contributed by atoms with Crippen molar-refractivity contribution in [1.29, 1.82) is 0 Å². The maximum atomic E-state index is 13.9. The van der Waals surface area contributed by atoms with Crippen molar-refractivity contribution in [2.24, 2.45) is 0 Å². The maximum absolute atomic E-state index is 13.9. The standard InChI is InChI=1S/C27H21F5O/c1-2-3-4-17-7-11-22-20(13-17)9-10-21-14-18(8-12-23(21)22)5-6-19-15-24(28)26(25(29)16-19)33-27(30,31)32/h7-8,11-16H,2-4,9-10H2,1H3. The van der Waals surface area contributed by atoms with Gasteiger partial charge in [-0.3, -0.25) is 0 Å². The van der Waals surface area contributed by atoms with Crippen molar-refractivity contribution in [3.8, 4) is 28.7 Å². The summed E-state index contributed by atoms with van der Waals surface area (Å²) >= 11 is 0. The number of halogens is 5. The van der Waals surface area contributed by atoms with Crippen molar-refractivity contribution >= 4 is 0 Å². The number of unbranched alkanes of at least 4 members (excludes halogenated alkanes) is 1. The van der Waals surface area contributed by atoms with Gasteiger partial charge in [-0.05, 0) is 77.8 Å². The van der Waals surface area contributed by atoms with E-state index in [0.717, 1.165) is 48.9 Å². The predicted molar refractivity (Wildman–Crippen MR) is 117 cm³/mol. The van der Waals surface area contributed by atoms with Crippen molar-refractivity contribution in [2.75, 3.05) is 0 Å². The fourth-order valence-corrected chi connectivity index (χ4v) is 4.05. The van der Waals surface area contributed by atoms with E-state index in [1.165, 1.54) is 23.1 Å². The van der Waals surface area contributed by atoms with Crippen molar-refractivity contribution < 1.29 is 26.7 Å². The minimum Gasteiger partial charge on any atom is -0.399 e. The summed E-state index contributed by atoms with van der Waals surface area (Å²) in [6.45, 7) is 2.18. The molecule has 1 nitrogen and oxygen atoms in total. The van der Waals surface area contributed by atoms with Crippen molar-refractivity contribution in [3.05, 3.63) is 88.0 Å². The summed E-state index contributed by atoms with van der Waals surface area (Å²) in [5.41, 5.74) is 6.77. The first-order valence-corrected chi connectivity index (χ1v) is 10.8. The Morgan fingerprint density at radius 1 is 0.818 bits per heavy atom. The van der Waals surface area contributed by atoms with Crippen molar-refractivity contribution in [3.63, 3.8) is 0 Å². The van der Waals surface area contributed by atoms with Gasteiger partial charge in [0.25, 0.3) is 0 Å². The van der Waals surface area contributed by atoms with Gasteiger partial charge in [0.2, 0.25) is 5.75 Å². The van der Waals surface area contributed by atoms with Crippen LogP contribution < -0.4 is 4.74 Å². The zero-order chi connectivity index (χ0) is 23.6. The number of hydrogen-bond acceptors (Lipinski definition) is 1. The Balaban J connectivity index is 1.57. The molecule has 0 fully saturated rings. The van der Waals surface area contributed by atoms with Gasteiger partial charge in [-0.25, -0.2) is 8.78 Å². The fourth-order valence-electron chi connectivity index (χ4n) is 4.05. The van der Waals surface area contributed by atoms with Gasteiger partial charge in [0.1, 0.15) is 0 Å². The third-order valence-corrected chi connectivity index (χ3v) is 5.61. The van der Waals surface area contributed by atoms with Gasteiger partial charge in [0.15, 0.2) is 11.6 Å². The van der Waals surface area contributed by atoms with Crippen LogP contribution in [0.5, 0.6) is 5.75 Å². The van der Waals surface area contributed by atoms with E-state index in [2.05, 4.69) is 41.7 Å². The molecule has 0 atom stereocenters. The Morgan fingerprint density at radius 2 is 1.42 bits per heavy atom. The lowest BCUT2D eigenvalue weighted by molar-refractivity contribution is -0.276. The van der Waals surface area contributed by atoms with Crippen LogP contribution in [0.4, 0.5) is 22.0 Å². The molecule has 3 aromatic rings. The third-order valence-electron chi connectivity index (χ3n) is 5.61. The van der Waals surface area contributed by atoms with E-state index in [1.807, 2.05) is 18.2 Å². The van der Waals surface area contributed by atoms with Crippen LogP contribution in [0.1, 0.15) is 47.6 Å². The van der Waals surface area contributed by atoms with Gasteiger partial charge in [-0.15, -0.1) is 13.2 Å². The minimum atomic E-state index is -5.19. The summed E-state index contributed by atoms with van der Waals surface area (Å²) < 4.78 is 68.1. The average Bonchev–Trinajstić information content (AvgIpc) is 2.77. The fraction of sp³-hybridized carbons (Fsp3) is 0.259. The first kappa shape index (κ1) is 22.8. The Hall–Kier alpha value is -3.33. The Morgan fingerprint density at radius 3 is 2.06 bits per heavy atom. The highest BCUT2D eigenvalue weighted by molar-refractivity contribution is 5.74. The molecule has 0 saturated carbocycles. The molecule has 0 N–H and O–H groups in total. The smallest absolute Gasteiger partial charge is 0.399 e. The Bertz CT molecular complexity index is 1220. The molecular weight excluding hydrogens is 435 g/mol. The predicted octanol–water partition coefficient (Wildman–Crippen LogP) is 7.37. The molecule has 1 aliphatic rings. The normalized spacial score (nSPS) is 12.4. The second-order valence-corrected chi connectivity index (χ2v) is 8.03. The number of hydrogen-bond donors (Lipinski definition) is 0. The summed E-state index contributed by atoms with van der Waals surface area (Å²) in [7, 11) is 0. The molecule has 0 bridgehead atoms. The topological polar surface area (TPSA) is 9.23 Å². The van der Waals surface area contributed by atoms with Crippen molar-refractivity contribution in [2.45, 2.75) is 45.4 Å². The van der Waals surface area contributed by atoms with Crippen LogP contribution in [0.25, 0.3) is 11.1 Å². The monoisotopic (exact) mass is 456 g/mol. The first-order chi connectivity index (χ1) is 15.7. The molecule has 0 unspecified atom stereocenters. The molecule has 0 saturated heterocycles. The van der Waals surface area contributed by atoms with E-state index in [0.29, 0.717) is 5.56 Å². The molecule has 0 spiro atoms. The molecule has 1 aliphatic carbocycles. The number of aryl methyl sites for hydroxylation is 3. The van der Waals surface area contributed by atoms with Gasteiger partial charge in [0.05, 0.1) is 0 Å². The van der Waals surface area contributed by atoms with Crippen LogP contribution in [0.15, 0.2) is 48.5 Å². The highest BCUT2D eigenvalue weighted by Crippen LogP contribution is 2.35. The first-order valence-electron chi connectivity index (χ1n) is 10.8. The zero-order valence-corrected chi connectivity index (χ0v) is 18.0. The molecule has 170 valence electrons. The summed E-state index contributed by atoms with van der Waals surface area (Å²) in [6.07, 6.45) is 0.0131. The largest absolute Gasteiger partial charge is 0.573 e. The van der Waals surface area contributed by atoms with Gasteiger partial charge >= 0.3 is 6.36 Å². The van der Waals surface area contributed by atoms with Crippen LogP contribution in [-0.4, -0.2) is 6.36 Å². The van der Waals surface area contributed by atoms with E-state index in [9.17, 15) is 22.0 Å². The molecule has 0 aromatic heterocycles. The lowest BCUT2D eigenvalue weighted by Crippen LogP contribution is -2.19. The van der Waals surface area contributed by atoms with Crippen LogP contribution in [0, 0.1) is 23.5 Å². The van der Waals surface area contributed by atoms with Crippen LogP contribution >= 0.6 is 0 Å². The highest BCUT2D eigenvalue weighted by Gasteiger charge is 2.34. The lowest BCUT2D eigenvalue weighted by atomic mass is 9.83. The Labute approximate surface area is 189 Å². The molecule has 4 rings (SSSR count). The van der Waals surface area contributed by atoms with Crippen LogP contribution in [0.3, 0.4) is 0 Å². The number of benzene rings is 3. The SMILES string of the molecule is CCCCc1ccc2c(c1)CCc1cc(C#Cc3cc(F)c(OC(F)(F)F)c(F)c3)ccc1-2. The molecule has 0 amide bonds. The lowest BCUT2D eigenvalue weighted by Gasteiger charge is -2.21. The van der Waals surface area contributed by atoms with Gasteiger partial charge in [0, 0.05) is 11.1 Å². The summed E-state index contributed by atoms with van der Waals surface area (Å²) in [4.78, 5) is 0. The summed E-state index contributed by atoms with van der Waals surface area (Å²) in [6, 6.07) is 13.8. The summed E-state index contributed by atoms with van der Waals surface area (Å²) in [5.74, 6) is 1.05. The molecular formula is C27H21F5O. The number of fused-ring (bicyclic) bond motifs is 3. The minimum absolute atomic E-state index is 0.0813. The molecule has 6 heteroatoms. The molecule has 0 aliphatic heterocycles. The number of rotatable bonds is 4. The van der Waals surface area contributed by atoms with Crippen LogP contribution in [-0.2, 0) is 19.3 Å². The molecule has 0 radical (unpaired) electrons. The molecule has 3 aromatic carbocycles. The van der Waals surface area contributed by atoms with E-state index in [-0.39, 0.29) is 5.56 Å². The molecule has 0 heterocycles. The molecule has 33 heavy (non-hydrogen) atoms. The second-order valence-electron chi connectivity index (χ2n) is 8.03. The van der Waals surface area contributed by atoms with Gasteiger partial charge < -0.3 is 4.74 Å². The van der Waals surface area contributed by atoms with Crippen LogP contribution in [0.2, 0.25) is 0 Å². The second kappa shape index (κ2) is 9.27. The van der Waals surface area contributed by atoms with Gasteiger partial charge in [-0.2, -0.15) is 0 Å². The van der Waals surface area contributed by atoms with E-state index < -0.39 is 23.7 Å². The zero-order valence-electron chi connectivity index (χ0n) is 18.0. The van der Waals surface area contributed by atoms with Crippen molar-refractivity contribution in [1.82, 2.24) is 0 Å². The van der Waals surface area contributed by atoms with Gasteiger partial charge in [-0.1, -0.05) is 49.5 Å². The Kier molecular flexibility index (Phi) is 6.42. The maximum Gasteiger partial charge on any atom is 0.573 e. The van der Waals surface area contributed by atoms with E-state index in [1.54, 1.807) is 0 Å². The summed E-state index contributed by atoms with van der Waals surface area (Å²) in [5, 5.41) is 0. The number of ether oxygens (including phenoxy) is 1. The van der Waals surface area contributed by atoms with E-state index >= 15 is 0 Å². The average molecular weight is 456 g/mol.